The van der Waals surface area contributed by atoms with E-state index in [2.05, 4.69) is 0 Å². The lowest BCUT2D eigenvalue weighted by Crippen LogP contribution is -2.51. The van der Waals surface area contributed by atoms with Gasteiger partial charge in [-0.1, -0.05) is 36.6 Å². The molecule has 4 heteroatoms. The second-order valence-electron chi connectivity index (χ2n) is 6.12. The van der Waals surface area contributed by atoms with Crippen LogP contribution in [0.4, 0.5) is 0 Å². The van der Waals surface area contributed by atoms with Crippen LogP contribution in [-0.2, 0) is 9.53 Å². The molecule has 1 aromatic rings. The van der Waals surface area contributed by atoms with Crippen molar-refractivity contribution in [1.82, 2.24) is 0 Å². The molecular formula is C18H24O4. The smallest absolute Gasteiger partial charge is 0.312 e. The second kappa shape index (κ2) is 6.61. The van der Waals surface area contributed by atoms with Gasteiger partial charge < -0.3 is 9.84 Å². The van der Waals surface area contributed by atoms with Crippen LogP contribution in [0.2, 0.25) is 0 Å². The van der Waals surface area contributed by atoms with E-state index in [9.17, 15) is 14.7 Å². The van der Waals surface area contributed by atoms with E-state index in [0.29, 0.717) is 18.4 Å². The van der Waals surface area contributed by atoms with Gasteiger partial charge in [-0.05, 0) is 39.2 Å². The van der Waals surface area contributed by atoms with Crippen LogP contribution < -0.4 is 0 Å². The van der Waals surface area contributed by atoms with Gasteiger partial charge in [0.2, 0.25) is 0 Å². The van der Waals surface area contributed by atoms with Crippen molar-refractivity contribution in [3.8, 4) is 0 Å². The average Bonchev–Trinajstić information content (AvgIpc) is 2.47. The number of hydrogen-bond acceptors (Lipinski definition) is 4. The Labute approximate surface area is 131 Å². The minimum atomic E-state index is -1.65. The van der Waals surface area contributed by atoms with Crippen molar-refractivity contribution < 1.29 is 19.4 Å². The quantitative estimate of drug-likeness (QED) is 0.686. The molecule has 2 rings (SSSR count). The summed E-state index contributed by atoms with van der Waals surface area (Å²) in [5, 5.41) is 11.0. The summed E-state index contributed by atoms with van der Waals surface area (Å²) in [6.45, 7) is 5.79. The Kier molecular flexibility index (Phi) is 5.01. The van der Waals surface area contributed by atoms with E-state index in [4.69, 9.17) is 4.74 Å². The van der Waals surface area contributed by atoms with Gasteiger partial charge in [0.1, 0.15) is 5.60 Å². The minimum absolute atomic E-state index is 0.253. The maximum atomic E-state index is 12.9. The molecule has 2 atom stereocenters. The van der Waals surface area contributed by atoms with Crippen molar-refractivity contribution in [3.05, 3.63) is 34.9 Å². The zero-order valence-corrected chi connectivity index (χ0v) is 13.5. The Bertz CT molecular complexity index is 578. The van der Waals surface area contributed by atoms with E-state index < -0.39 is 17.5 Å². The second-order valence-corrected chi connectivity index (χ2v) is 6.12. The van der Waals surface area contributed by atoms with Crippen molar-refractivity contribution in [1.29, 1.82) is 0 Å². The molecule has 0 heterocycles. The van der Waals surface area contributed by atoms with Gasteiger partial charge in [0.25, 0.3) is 0 Å². The van der Waals surface area contributed by atoms with Crippen LogP contribution in [0.15, 0.2) is 18.2 Å². The third kappa shape index (κ3) is 3.07. The van der Waals surface area contributed by atoms with Gasteiger partial charge in [-0.25, -0.2) is 0 Å². The highest BCUT2D eigenvalue weighted by Gasteiger charge is 2.50. The highest BCUT2D eigenvalue weighted by atomic mass is 16.5. The third-order valence-electron chi connectivity index (χ3n) is 4.47. The van der Waals surface area contributed by atoms with E-state index >= 15 is 0 Å². The number of aryl methyl sites for hydroxylation is 2. The van der Waals surface area contributed by atoms with Crippen molar-refractivity contribution in [2.75, 3.05) is 6.61 Å². The van der Waals surface area contributed by atoms with Crippen LogP contribution in [0.5, 0.6) is 0 Å². The lowest BCUT2D eigenvalue weighted by molar-refractivity contribution is -0.158. The summed E-state index contributed by atoms with van der Waals surface area (Å²) in [6.07, 6.45) is 2.36. The van der Waals surface area contributed by atoms with E-state index in [1.165, 1.54) is 0 Å². The van der Waals surface area contributed by atoms with Crippen molar-refractivity contribution in [2.45, 2.75) is 52.1 Å². The predicted molar refractivity (Wildman–Crippen MR) is 83.8 cm³/mol. The number of ether oxygens (including phenoxy) is 1. The number of benzene rings is 1. The normalized spacial score (nSPS) is 24.8. The van der Waals surface area contributed by atoms with Crippen molar-refractivity contribution in [3.63, 3.8) is 0 Å². The molecule has 0 saturated heterocycles. The molecule has 0 amide bonds. The summed E-state index contributed by atoms with van der Waals surface area (Å²) in [4.78, 5) is 25.1. The molecular weight excluding hydrogens is 280 g/mol. The molecule has 1 fully saturated rings. The average molecular weight is 304 g/mol. The summed E-state index contributed by atoms with van der Waals surface area (Å²) in [5.74, 6) is -1.60. The summed E-state index contributed by atoms with van der Waals surface area (Å²) in [5.41, 5.74) is 0.729. The van der Waals surface area contributed by atoms with Crippen LogP contribution in [-0.4, -0.2) is 29.1 Å². The first kappa shape index (κ1) is 16.7. The molecule has 1 aliphatic rings. The van der Waals surface area contributed by atoms with Crippen LogP contribution in [0.25, 0.3) is 0 Å². The number of Topliss-reactive ketones (excluding diaryl/α,β-unsaturated/α-hetero) is 1. The zero-order chi connectivity index (χ0) is 16.3. The Hall–Kier alpha value is -1.68. The fraction of sp³-hybridized carbons (Fsp3) is 0.556. The molecule has 1 saturated carbocycles. The Balaban J connectivity index is 2.36. The maximum absolute atomic E-state index is 12.9. The Morgan fingerprint density at radius 1 is 1.32 bits per heavy atom. The number of carbonyl (C=O) groups excluding carboxylic acids is 2. The molecule has 1 N–H and O–H groups in total. The first-order valence-corrected chi connectivity index (χ1v) is 7.91. The molecule has 1 aliphatic carbocycles. The van der Waals surface area contributed by atoms with Gasteiger partial charge in [-0.2, -0.15) is 0 Å². The minimum Gasteiger partial charge on any atom is -0.466 e. The molecule has 0 spiro atoms. The molecule has 0 radical (unpaired) electrons. The van der Waals surface area contributed by atoms with E-state index in [0.717, 1.165) is 24.0 Å². The van der Waals surface area contributed by atoms with E-state index in [1.54, 1.807) is 13.0 Å². The number of esters is 1. The molecule has 0 aromatic heterocycles. The monoisotopic (exact) mass is 304 g/mol. The van der Waals surface area contributed by atoms with E-state index in [-0.39, 0.29) is 12.4 Å². The number of hydrogen-bond donors (Lipinski definition) is 1. The van der Waals surface area contributed by atoms with E-state index in [1.807, 2.05) is 26.0 Å². The first-order chi connectivity index (χ1) is 10.4. The zero-order valence-electron chi connectivity index (χ0n) is 13.5. The lowest BCUT2D eigenvalue weighted by atomic mass is 9.71. The predicted octanol–water partition coefficient (Wildman–Crippen LogP) is 2.97. The van der Waals surface area contributed by atoms with Gasteiger partial charge >= 0.3 is 5.97 Å². The van der Waals surface area contributed by atoms with Gasteiger partial charge in [-0.3, -0.25) is 9.59 Å². The number of aliphatic hydroxyl groups is 1. The van der Waals surface area contributed by atoms with Gasteiger partial charge in [0, 0.05) is 5.56 Å². The van der Waals surface area contributed by atoms with Crippen molar-refractivity contribution in [2.24, 2.45) is 5.92 Å². The largest absolute Gasteiger partial charge is 0.466 e. The highest BCUT2D eigenvalue weighted by Crippen LogP contribution is 2.37. The molecule has 120 valence electrons. The van der Waals surface area contributed by atoms with Crippen LogP contribution in [0.1, 0.15) is 54.1 Å². The molecule has 4 nitrogen and oxygen atoms in total. The first-order valence-electron chi connectivity index (χ1n) is 7.91. The Morgan fingerprint density at radius 3 is 2.68 bits per heavy atom. The number of carbonyl (C=O) groups is 2. The highest BCUT2D eigenvalue weighted by molar-refractivity contribution is 6.05. The third-order valence-corrected chi connectivity index (χ3v) is 4.47. The van der Waals surface area contributed by atoms with Gasteiger partial charge in [-0.15, -0.1) is 0 Å². The standard InChI is InChI=1S/C18H24O4/c1-4-22-17(20)15-7-5-6-10-18(15,21)16(19)14-9-8-12(2)11-13(14)3/h8-9,11,15,21H,4-7,10H2,1-3H3. The summed E-state index contributed by atoms with van der Waals surface area (Å²) < 4.78 is 5.06. The number of rotatable bonds is 4. The van der Waals surface area contributed by atoms with Crippen LogP contribution in [0.3, 0.4) is 0 Å². The lowest BCUT2D eigenvalue weighted by Gasteiger charge is -2.37. The molecule has 1 aromatic carbocycles. The summed E-state index contributed by atoms with van der Waals surface area (Å²) >= 11 is 0. The summed E-state index contributed by atoms with van der Waals surface area (Å²) in [7, 11) is 0. The molecule has 0 aliphatic heterocycles. The topological polar surface area (TPSA) is 63.6 Å². The fourth-order valence-electron chi connectivity index (χ4n) is 3.28. The Morgan fingerprint density at radius 2 is 2.05 bits per heavy atom. The summed E-state index contributed by atoms with van der Waals surface area (Å²) in [6, 6.07) is 5.51. The van der Waals surface area contributed by atoms with Gasteiger partial charge in [0.05, 0.1) is 12.5 Å². The number of ketones is 1. The molecule has 22 heavy (non-hydrogen) atoms. The fourth-order valence-corrected chi connectivity index (χ4v) is 3.28. The molecule has 0 bridgehead atoms. The van der Waals surface area contributed by atoms with Gasteiger partial charge in [0.15, 0.2) is 5.78 Å². The SMILES string of the molecule is CCOC(=O)C1CCCCC1(O)C(=O)c1ccc(C)cc1C. The van der Waals surface area contributed by atoms with Crippen LogP contribution >= 0.6 is 0 Å². The van der Waals surface area contributed by atoms with Crippen molar-refractivity contribution >= 4 is 11.8 Å². The van der Waals surface area contributed by atoms with Crippen LogP contribution in [0, 0.1) is 19.8 Å². The maximum Gasteiger partial charge on any atom is 0.312 e. The molecule has 2 unspecified atom stereocenters.